The van der Waals surface area contributed by atoms with E-state index in [0.717, 1.165) is 49.4 Å². The highest BCUT2D eigenvalue weighted by molar-refractivity contribution is 5.89. The van der Waals surface area contributed by atoms with Crippen LogP contribution in [0.15, 0.2) is 35.4 Å². The second-order valence-corrected chi connectivity index (χ2v) is 9.80. The number of rotatable bonds is 7. The van der Waals surface area contributed by atoms with Gasteiger partial charge in [0.05, 0.1) is 37.2 Å². The van der Waals surface area contributed by atoms with Crippen LogP contribution in [0.5, 0.6) is 0 Å². The summed E-state index contributed by atoms with van der Waals surface area (Å²) in [6.07, 6.45) is 4.21. The van der Waals surface area contributed by atoms with Crippen molar-refractivity contribution < 1.29 is 13.5 Å². The molecule has 5 rings (SSSR count). The van der Waals surface area contributed by atoms with E-state index in [1.165, 1.54) is 12.1 Å². The summed E-state index contributed by atoms with van der Waals surface area (Å²) in [4.78, 5) is 4.22. The second-order valence-electron chi connectivity index (χ2n) is 9.80. The van der Waals surface area contributed by atoms with Crippen molar-refractivity contribution in [1.82, 2.24) is 15.2 Å². The molecule has 0 bridgehead atoms. The van der Waals surface area contributed by atoms with Crippen molar-refractivity contribution in [1.29, 1.82) is 0 Å². The zero-order valence-corrected chi connectivity index (χ0v) is 21.1. The lowest BCUT2D eigenvalue weighted by molar-refractivity contribution is 0.0332. The van der Waals surface area contributed by atoms with E-state index in [-0.39, 0.29) is 18.2 Å². The van der Waals surface area contributed by atoms with Crippen molar-refractivity contribution in [3.63, 3.8) is 0 Å². The molecule has 0 spiro atoms. The Morgan fingerprint density at radius 2 is 1.86 bits per heavy atom. The third kappa shape index (κ3) is 5.19. The number of benzene rings is 2. The summed E-state index contributed by atoms with van der Waals surface area (Å²) in [5, 5.41) is 13.6. The second kappa shape index (κ2) is 11.1. The van der Waals surface area contributed by atoms with Gasteiger partial charge in [0, 0.05) is 57.1 Å². The van der Waals surface area contributed by atoms with E-state index < -0.39 is 11.6 Å². The van der Waals surface area contributed by atoms with Crippen LogP contribution in [0.4, 0.5) is 20.2 Å². The Balaban J connectivity index is 1.37. The van der Waals surface area contributed by atoms with Crippen LogP contribution in [0.2, 0.25) is 0 Å². The first kappa shape index (κ1) is 24.9. The van der Waals surface area contributed by atoms with Gasteiger partial charge in [0.15, 0.2) is 0 Å². The van der Waals surface area contributed by atoms with Crippen LogP contribution in [0.25, 0.3) is 11.1 Å². The molecular formula is C27H36F2N6O. The number of nitrogens with one attached hydrogen (secondary N) is 2. The van der Waals surface area contributed by atoms with Crippen molar-refractivity contribution in [2.45, 2.75) is 31.5 Å². The van der Waals surface area contributed by atoms with E-state index in [0.29, 0.717) is 37.9 Å². The van der Waals surface area contributed by atoms with Crippen molar-refractivity contribution in [3.8, 4) is 11.1 Å². The standard InChI is InChI=1S/C27H36F2N6O/c1-30-27-22(19-14-24(28)23(25(29)15-19)18-34-10-12-36-13-11-34)4-3-5-26(27)33(2)21-16-32-35(17-21)20-6-8-31-9-7-20/h3-5,14-16,20-21,30-31H,6-13,17-18H2,1-2H3. The molecule has 9 heteroatoms. The predicted octanol–water partition coefficient (Wildman–Crippen LogP) is 3.36. The highest BCUT2D eigenvalue weighted by atomic mass is 19.1. The lowest BCUT2D eigenvalue weighted by Crippen LogP contribution is -2.43. The molecular weight excluding hydrogens is 462 g/mol. The zero-order chi connectivity index (χ0) is 25.1. The molecule has 3 aliphatic heterocycles. The van der Waals surface area contributed by atoms with Gasteiger partial charge < -0.3 is 20.3 Å². The molecule has 3 heterocycles. The minimum Gasteiger partial charge on any atom is -0.386 e. The van der Waals surface area contributed by atoms with Crippen LogP contribution in [0, 0.1) is 11.6 Å². The summed E-state index contributed by atoms with van der Waals surface area (Å²) in [5.74, 6) is -1.03. The zero-order valence-electron chi connectivity index (χ0n) is 21.1. The quantitative estimate of drug-likeness (QED) is 0.611. The highest BCUT2D eigenvalue weighted by Crippen LogP contribution is 2.38. The van der Waals surface area contributed by atoms with Gasteiger partial charge in [-0.15, -0.1) is 0 Å². The summed E-state index contributed by atoms with van der Waals surface area (Å²) >= 11 is 0. The first-order chi connectivity index (χ1) is 17.5. The topological polar surface area (TPSA) is 55.4 Å². The number of hydrazone groups is 1. The van der Waals surface area contributed by atoms with Crippen LogP contribution in [-0.2, 0) is 11.3 Å². The van der Waals surface area contributed by atoms with Gasteiger partial charge in [0.1, 0.15) is 11.6 Å². The average Bonchev–Trinajstić information content (AvgIpc) is 3.41. The summed E-state index contributed by atoms with van der Waals surface area (Å²) in [6.45, 7) is 5.68. The summed E-state index contributed by atoms with van der Waals surface area (Å²) in [6, 6.07) is 9.38. The van der Waals surface area contributed by atoms with Gasteiger partial charge in [-0.3, -0.25) is 9.91 Å². The van der Waals surface area contributed by atoms with E-state index >= 15 is 8.78 Å². The van der Waals surface area contributed by atoms with Crippen LogP contribution >= 0.6 is 0 Å². The van der Waals surface area contributed by atoms with E-state index in [4.69, 9.17) is 9.84 Å². The smallest absolute Gasteiger partial charge is 0.131 e. The molecule has 0 saturated carbocycles. The molecule has 2 fully saturated rings. The summed E-state index contributed by atoms with van der Waals surface area (Å²) in [5.41, 5.74) is 3.21. The number of nitrogens with zero attached hydrogens (tertiary/aromatic N) is 4. The van der Waals surface area contributed by atoms with Crippen LogP contribution in [0.1, 0.15) is 18.4 Å². The molecule has 0 aliphatic carbocycles. The van der Waals surface area contributed by atoms with Gasteiger partial charge in [-0.1, -0.05) is 12.1 Å². The first-order valence-electron chi connectivity index (χ1n) is 12.9. The lowest BCUT2D eigenvalue weighted by Gasteiger charge is -2.33. The maximum atomic E-state index is 15.2. The minimum atomic E-state index is -0.516. The van der Waals surface area contributed by atoms with Crippen LogP contribution in [-0.4, -0.2) is 88.2 Å². The van der Waals surface area contributed by atoms with Gasteiger partial charge in [0.25, 0.3) is 0 Å². The van der Waals surface area contributed by atoms with E-state index in [2.05, 4.69) is 27.6 Å². The van der Waals surface area contributed by atoms with Crippen molar-refractivity contribution in [3.05, 3.63) is 47.5 Å². The Morgan fingerprint density at radius 1 is 1.14 bits per heavy atom. The maximum Gasteiger partial charge on any atom is 0.131 e. The van der Waals surface area contributed by atoms with Crippen LogP contribution in [0.3, 0.4) is 0 Å². The number of piperidine rings is 1. The molecule has 0 amide bonds. The normalized spacial score (nSPS) is 21.2. The number of morpholine rings is 1. The molecule has 2 aromatic rings. The van der Waals surface area contributed by atoms with Crippen molar-refractivity contribution in [2.24, 2.45) is 5.10 Å². The highest BCUT2D eigenvalue weighted by Gasteiger charge is 2.29. The molecule has 1 unspecified atom stereocenters. The van der Waals surface area contributed by atoms with Crippen molar-refractivity contribution >= 4 is 17.6 Å². The van der Waals surface area contributed by atoms with E-state index in [1.54, 1.807) is 0 Å². The van der Waals surface area contributed by atoms with E-state index in [1.807, 2.05) is 36.4 Å². The average molecular weight is 499 g/mol. The molecule has 1 atom stereocenters. The fraction of sp³-hybridized carbons (Fsp3) is 0.519. The number of halogens is 2. The fourth-order valence-electron chi connectivity index (χ4n) is 5.43. The summed E-state index contributed by atoms with van der Waals surface area (Å²) < 4.78 is 35.7. The van der Waals surface area contributed by atoms with Gasteiger partial charge in [-0.2, -0.15) is 5.10 Å². The number of ether oxygens (including phenoxy) is 1. The number of para-hydroxylation sites is 1. The predicted molar refractivity (Wildman–Crippen MR) is 141 cm³/mol. The molecule has 2 aromatic carbocycles. The molecule has 194 valence electrons. The largest absolute Gasteiger partial charge is 0.386 e. The molecule has 36 heavy (non-hydrogen) atoms. The van der Waals surface area contributed by atoms with Gasteiger partial charge in [-0.05, 0) is 49.7 Å². The van der Waals surface area contributed by atoms with E-state index in [9.17, 15) is 0 Å². The maximum absolute atomic E-state index is 15.2. The molecule has 0 radical (unpaired) electrons. The molecule has 0 aromatic heterocycles. The number of hydrogen-bond donors (Lipinski definition) is 2. The summed E-state index contributed by atoms with van der Waals surface area (Å²) in [7, 11) is 3.90. The molecule has 2 saturated heterocycles. The Morgan fingerprint density at radius 3 is 2.56 bits per heavy atom. The SMILES string of the molecule is CNc1c(-c2cc(F)c(CN3CCOCC3)c(F)c2)cccc1N(C)C1C=NN(C2CCNCC2)C1. The van der Waals surface area contributed by atoms with Gasteiger partial charge in [0.2, 0.25) is 0 Å². The monoisotopic (exact) mass is 498 g/mol. The van der Waals surface area contributed by atoms with Crippen LogP contribution < -0.4 is 15.5 Å². The number of hydrogen-bond acceptors (Lipinski definition) is 7. The fourth-order valence-corrected chi connectivity index (χ4v) is 5.43. The Kier molecular flexibility index (Phi) is 7.69. The third-order valence-corrected chi connectivity index (χ3v) is 7.60. The Bertz CT molecular complexity index is 1060. The molecule has 7 nitrogen and oxygen atoms in total. The Hall–Kier alpha value is -2.75. The lowest BCUT2D eigenvalue weighted by atomic mass is 9.99. The third-order valence-electron chi connectivity index (χ3n) is 7.60. The van der Waals surface area contributed by atoms with Crippen molar-refractivity contribution in [2.75, 3.05) is 70.2 Å². The Labute approximate surface area is 212 Å². The molecule has 3 aliphatic rings. The first-order valence-corrected chi connectivity index (χ1v) is 12.9. The van der Waals surface area contributed by atoms with Gasteiger partial charge >= 0.3 is 0 Å². The number of anilines is 2. The number of likely N-dealkylation sites (N-methyl/N-ethyl adjacent to an activating group) is 1. The minimum absolute atomic E-state index is 0.111. The van der Waals surface area contributed by atoms with Gasteiger partial charge in [-0.25, -0.2) is 8.78 Å². The molecule has 2 N–H and O–H groups in total.